The van der Waals surface area contributed by atoms with Gasteiger partial charge in [-0.05, 0) is 55.5 Å². The molecule has 0 bridgehead atoms. The molecule has 158 valence electrons. The van der Waals surface area contributed by atoms with Gasteiger partial charge in [-0.2, -0.15) is 0 Å². The summed E-state index contributed by atoms with van der Waals surface area (Å²) in [4.78, 5) is 19.8. The van der Waals surface area contributed by atoms with Crippen LogP contribution in [0, 0.1) is 6.92 Å². The van der Waals surface area contributed by atoms with Gasteiger partial charge in [-0.3, -0.25) is 9.69 Å². The molecule has 6 nitrogen and oxygen atoms in total. The van der Waals surface area contributed by atoms with E-state index in [0.717, 1.165) is 47.0 Å². The maximum atomic E-state index is 12.0. The molecule has 0 unspecified atom stereocenters. The number of nitrogens with zero attached hydrogens (tertiary/aromatic N) is 2. The number of rotatable bonds is 8. The Morgan fingerprint density at radius 1 is 1.33 bits per heavy atom. The highest BCUT2D eigenvalue weighted by Gasteiger charge is 2.31. The van der Waals surface area contributed by atoms with Crippen LogP contribution in [0.1, 0.15) is 29.9 Å². The SMILES string of the molecule is COC(=O)[C@@H]1CCCN1Cc1cccc(OCCc2nc(-c3cccs3)oc2C)c1. The van der Waals surface area contributed by atoms with Crippen molar-refractivity contribution in [2.24, 2.45) is 0 Å². The molecule has 0 spiro atoms. The number of likely N-dealkylation sites (tertiary alicyclic amines) is 1. The minimum Gasteiger partial charge on any atom is -0.493 e. The minimum absolute atomic E-state index is 0.146. The fourth-order valence-electron chi connectivity index (χ4n) is 3.82. The van der Waals surface area contributed by atoms with Crippen molar-refractivity contribution in [2.75, 3.05) is 20.3 Å². The van der Waals surface area contributed by atoms with E-state index in [-0.39, 0.29) is 12.0 Å². The second kappa shape index (κ2) is 9.45. The number of methoxy groups -OCH3 is 1. The van der Waals surface area contributed by atoms with E-state index in [1.54, 1.807) is 11.3 Å². The zero-order chi connectivity index (χ0) is 20.9. The van der Waals surface area contributed by atoms with Crippen LogP contribution in [0.2, 0.25) is 0 Å². The van der Waals surface area contributed by atoms with Gasteiger partial charge < -0.3 is 13.9 Å². The van der Waals surface area contributed by atoms with Crippen LogP contribution in [-0.2, 0) is 22.5 Å². The van der Waals surface area contributed by atoms with Crippen LogP contribution in [0.15, 0.2) is 46.2 Å². The van der Waals surface area contributed by atoms with E-state index in [1.807, 2.05) is 42.6 Å². The standard InChI is InChI=1S/C23H26N2O4S/c1-16-19(24-22(29-16)21-9-5-13-30-21)10-12-28-18-7-3-6-17(14-18)15-25-11-4-8-20(25)23(26)27-2/h3,5-7,9,13-14,20H,4,8,10-12,15H2,1-2H3/t20-/m0/s1. The highest BCUT2D eigenvalue weighted by molar-refractivity contribution is 7.13. The summed E-state index contributed by atoms with van der Waals surface area (Å²) in [7, 11) is 1.45. The summed E-state index contributed by atoms with van der Waals surface area (Å²) in [5, 5.41) is 2.01. The number of ether oxygens (including phenoxy) is 2. The minimum atomic E-state index is -0.148. The number of benzene rings is 1. The number of oxazole rings is 1. The highest BCUT2D eigenvalue weighted by atomic mass is 32.1. The predicted octanol–water partition coefficient (Wildman–Crippen LogP) is 4.47. The summed E-state index contributed by atoms with van der Waals surface area (Å²) in [6, 6.07) is 11.9. The molecule has 0 N–H and O–H groups in total. The first-order chi connectivity index (χ1) is 14.6. The number of aryl methyl sites for hydroxylation is 1. The van der Waals surface area contributed by atoms with Gasteiger partial charge in [-0.15, -0.1) is 11.3 Å². The van der Waals surface area contributed by atoms with Crippen molar-refractivity contribution in [1.29, 1.82) is 0 Å². The van der Waals surface area contributed by atoms with Crippen LogP contribution < -0.4 is 4.74 Å². The summed E-state index contributed by atoms with van der Waals surface area (Å²) >= 11 is 1.62. The van der Waals surface area contributed by atoms with Crippen LogP contribution >= 0.6 is 11.3 Å². The van der Waals surface area contributed by atoms with E-state index in [1.165, 1.54) is 7.11 Å². The Balaban J connectivity index is 1.33. The summed E-state index contributed by atoms with van der Waals surface area (Å²) in [6.07, 6.45) is 2.55. The Morgan fingerprint density at radius 2 is 2.23 bits per heavy atom. The van der Waals surface area contributed by atoms with Crippen molar-refractivity contribution >= 4 is 17.3 Å². The van der Waals surface area contributed by atoms with Gasteiger partial charge in [0.2, 0.25) is 5.89 Å². The Hall–Kier alpha value is -2.64. The fraction of sp³-hybridized carbons (Fsp3) is 0.391. The highest BCUT2D eigenvalue weighted by Crippen LogP contribution is 2.26. The Bertz CT molecular complexity index is 983. The van der Waals surface area contributed by atoms with E-state index in [2.05, 4.69) is 16.0 Å². The lowest BCUT2D eigenvalue weighted by atomic mass is 10.1. The first-order valence-electron chi connectivity index (χ1n) is 10.2. The number of hydrogen-bond acceptors (Lipinski definition) is 7. The zero-order valence-electron chi connectivity index (χ0n) is 17.3. The number of carbonyl (C=O) groups is 1. The van der Waals surface area contributed by atoms with Crippen molar-refractivity contribution in [3.8, 4) is 16.5 Å². The summed E-state index contributed by atoms with van der Waals surface area (Å²) in [5.41, 5.74) is 2.05. The number of aromatic nitrogens is 1. The second-order valence-electron chi connectivity index (χ2n) is 7.40. The zero-order valence-corrected chi connectivity index (χ0v) is 18.1. The lowest BCUT2D eigenvalue weighted by molar-refractivity contribution is -0.146. The molecule has 1 fully saturated rings. The van der Waals surface area contributed by atoms with E-state index in [4.69, 9.17) is 13.9 Å². The average molecular weight is 427 g/mol. The topological polar surface area (TPSA) is 64.8 Å². The lowest BCUT2D eigenvalue weighted by Crippen LogP contribution is -2.36. The van der Waals surface area contributed by atoms with Gasteiger partial charge in [-0.25, -0.2) is 4.98 Å². The van der Waals surface area contributed by atoms with E-state index in [0.29, 0.717) is 25.5 Å². The Labute approximate surface area is 180 Å². The molecule has 7 heteroatoms. The van der Waals surface area contributed by atoms with Crippen LogP contribution in [0.25, 0.3) is 10.8 Å². The van der Waals surface area contributed by atoms with Gasteiger partial charge >= 0.3 is 5.97 Å². The third kappa shape index (κ3) is 4.74. The summed E-state index contributed by atoms with van der Waals surface area (Å²) in [6.45, 7) is 4.08. The third-order valence-corrected chi connectivity index (χ3v) is 6.21. The molecule has 0 radical (unpaired) electrons. The third-order valence-electron chi connectivity index (χ3n) is 5.35. The van der Waals surface area contributed by atoms with Crippen molar-refractivity contribution < 1.29 is 18.7 Å². The van der Waals surface area contributed by atoms with Gasteiger partial charge in [0.25, 0.3) is 0 Å². The summed E-state index contributed by atoms with van der Waals surface area (Å²) < 4.78 is 16.7. The Kier molecular flexibility index (Phi) is 6.50. The van der Waals surface area contributed by atoms with Crippen LogP contribution in [0.4, 0.5) is 0 Å². The van der Waals surface area contributed by atoms with Crippen molar-refractivity contribution in [3.63, 3.8) is 0 Å². The molecular weight excluding hydrogens is 400 g/mol. The second-order valence-corrected chi connectivity index (χ2v) is 8.34. The molecular formula is C23H26N2O4S. The first-order valence-corrected chi connectivity index (χ1v) is 11.1. The van der Waals surface area contributed by atoms with Crippen LogP contribution in [0.3, 0.4) is 0 Å². The molecule has 4 rings (SSSR count). The van der Waals surface area contributed by atoms with Gasteiger partial charge in [-0.1, -0.05) is 18.2 Å². The first kappa shape index (κ1) is 20.6. The van der Waals surface area contributed by atoms with E-state index < -0.39 is 0 Å². The molecule has 1 saturated heterocycles. The smallest absolute Gasteiger partial charge is 0.323 e. The fourth-order valence-corrected chi connectivity index (χ4v) is 4.47. The van der Waals surface area contributed by atoms with Gasteiger partial charge in [0, 0.05) is 13.0 Å². The van der Waals surface area contributed by atoms with Crippen LogP contribution in [0.5, 0.6) is 5.75 Å². The molecule has 0 amide bonds. The molecule has 2 aromatic heterocycles. The predicted molar refractivity (Wildman–Crippen MR) is 116 cm³/mol. The quantitative estimate of drug-likeness (QED) is 0.495. The molecule has 1 atom stereocenters. The monoisotopic (exact) mass is 426 g/mol. The number of carbonyl (C=O) groups excluding carboxylic acids is 1. The largest absolute Gasteiger partial charge is 0.493 e. The summed E-state index contributed by atoms with van der Waals surface area (Å²) in [5.74, 6) is 2.18. The van der Waals surface area contributed by atoms with Crippen molar-refractivity contribution in [1.82, 2.24) is 9.88 Å². The normalized spacial score (nSPS) is 16.7. The molecule has 0 saturated carbocycles. The maximum Gasteiger partial charge on any atom is 0.323 e. The molecule has 0 aliphatic carbocycles. The van der Waals surface area contributed by atoms with E-state index in [9.17, 15) is 4.79 Å². The number of hydrogen-bond donors (Lipinski definition) is 0. The molecule has 1 aliphatic rings. The van der Waals surface area contributed by atoms with Crippen molar-refractivity contribution in [2.45, 2.75) is 38.8 Å². The van der Waals surface area contributed by atoms with Crippen molar-refractivity contribution in [3.05, 3.63) is 58.8 Å². The number of thiophene rings is 1. The molecule has 1 aliphatic heterocycles. The lowest BCUT2D eigenvalue weighted by Gasteiger charge is -2.22. The Morgan fingerprint density at radius 3 is 3.03 bits per heavy atom. The van der Waals surface area contributed by atoms with Gasteiger partial charge in [0.1, 0.15) is 17.6 Å². The number of esters is 1. The molecule has 3 aromatic rings. The van der Waals surface area contributed by atoms with Gasteiger partial charge in [0.05, 0.1) is 24.3 Å². The maximum absolute atomic E-state index is 12.0. The van der Waals surface area contributed by atoms with E-state index >= 15 is 0 Å². The molecule has 30 heavy (non-hydrogen) atoms. The van der Waals surface area contributed by atoms with Gasteiger partial charge in [0.15, 0.2) is 0 Å². The molecule has 3 heterocycles. The van der Waals surface area contributed by atoms with Crippen LogP contribution in [-0.4, -0.2) is 42.2 Å². The average Bonchev–Trinajstić information content (AvgIpc) is 3.50. The molecule has 1 aromatic carbocycles.